The summed E-state index contributed by atoms with van der Waals surface area (Å²) < 4.78 is 23.1. The Balaban J connectivity index is 2.13. The summed E-state index contributed by atoms with van der Waals surface area (Å²) >= 11 is 0. The summed E-state index contributed by atoms with van der Waals surface area (Å²) in [6.07, 6.45) is 1.17. The predicted molar refractivity (Wildman–Crippen MR) is 76.3 cm³/mol. The molecule has 0 atom stereocenters. The molecule has 0 amide bonds. The van der Waals surface area contributed by atoms with Gasteiger partial charge in [0.2, 0.25) is 0 Å². The summed E-state index contributed by atoms with van der Waals surface area (Å²) in [5, 5.41) is 9.27. The van der Waals surface area contributed by atoms with Crippen LogP contribution in [0.5, 0.6) is 5.75 Å². The van der Waals surface area contributed by atoms with E-state index in [0.29, 0.717) is 16.9 Å². The molecule has 0 aliphatic rings. The first kappa shape index (κ1) is 12.7. The van der Waals surface area contributed by atoms with Crippen molar-refractivity contribution in [2.24, 2.45) is 0 Å². The van der Waals surface area contributed by atoms with E-state index in [1.54, 1.807) is 42.5 Å². The number of nitrogens with one attached hydrogen (secondary N) is 1. The van der Waals surface area contributed by atoms with Crippen molar-refractivity contribution < 1.29 is 13.5 Å². The van der Waals surface area contributed by atoms with Gasteiger partial charge in [0.15, 0.2) is 9.84 Å². The lowest BCUT2D eigenvalue weighted by molar-refractivity contribution is 0.475. The van der Waals surface area contributed by atoms with E-state index in [1.165, 1.54) is 6.26 Å². The topological polar surface area (TPSA) is 83.1 Å². The second-order valence-corrected chi connectivity index (χ2v) is 6.60. The van der Waals surface area contributed by atoms with Crippen molar-refractivity contribution in [1.82, 2.24) is 9.97 Å². The minimum Gasteiger partial charge on any atom is -0.508 e. The van der Waals surface area contributed by atoms with Crippen LogP contribution in [0.1, 0.15) is 0 Å². The van der Waals surface area contributed by atoms with Crippen molar-refractivity contribution in [2.45, 2.75) is 4.90 Å². The molecule has 1 heterocycles. The molecule has 1 aromatic heterocycles. The third-order valence-corrected chi connectivity index (χ3v) is 4.13. The molecule has 0 bridgehead atoms. The van der Waals surface area contributed by atoms with Gasteiger partial charge < -0.3 is 10.1 Å². The molecular weight excluding hydrogens is 276 g/mol. The highest BCUT2D eigenvalue weighted by Gasteiger charge is 2.10. The standard InChI is InChI=1S/C14H12N2O3S/c1-20(18,19)11-6-7-12-13(8-11)16-14(15-12)9-2-4-10(17)5-3-9/h2-8,17H,1H3,(H,15,16). The number of imidazole rings is 1. The molecule has 2 aromatic carbocycles. The van der Waals surface area contributed by atoms with Crippen LogP contribution in [0.25, 0.3) is 22.4 Å². The molecule has 3 aromatic rings. The average molecular weight is 288 g/mol. The number of hydrogen-bond donors (Lipinski definition) is 2. The summed E-state index contributed by atoms with van der Waals surface area (Å²) in [5.41, 5.74) is 2.18. The fourth-order valence-electron chi connectivity index (χ4n) is 1.98. The molecule has 0 saturated carbocycles. The highest BCUT2D eigenvalue weighted by atomic mass is 32.2. The van der Waals surface area contributed by atoms with E-state index in [4.69, 9.17) is 0 Å². The lowest BCUT2D eigenvalue weighted by Crippen LogP contribution is -1.96. The number of nitrogens with zero attached hydrogens (tertiary/aromatic N) is 1. The first-order valence-electron chi connectivity index (χ1n) is 5.93. The maximum absolute atomic E-state index is 11.5. The van der Waals surface area contributed by atoms with Crippen LogP contribution in [0.2, 0.25) is 0 Å². The third-order valence-electron chi connectivity index (χ3n) is 3.02. The molecule has 5 nitrogen and oxygen atoms in total. The third kappa shape index (κ3) is 2.25. The number of rotatable bonds is 2. The first-order valence-corrected chi connectivity index (χ1v) is 7.82. The molecule has 0 aliphatic heterocycles. The van der Waals surface area contributed by atoms with Gasteiger partial charge in [0, 0.05) is 11.8 Å². The number of phenolic OH excluding ortho intramolecular Hbond substituents is 1. The Hall–Kier alpha value is -2.34. The second kappa shape index (κ2) is 4.35. The zero-order valence-electron chi connectivity index (χ0n) is 10.7. The lowest BCUT2D eigenvalue weighted by atomic mass is 10.2. The molecule has 0 aliphatic carbocycles. The SMILES string of the molecule is CS(=O)(=O)c1ccc2nc(-c3ccc(O)cc3)[nH]c2c1. The van der Waals surface area contributed by atoms with Gasteiger partial charge in [0.1, 0.15) is 11.6 Å². The number of phenols is 1. The summed E-state index contributed by atoms with van der Waals surface area (Å²) in [7, 11) is -3.24. The molecular formula is C14H12N2O3S. The Bertz CT molecular complexity index is 880. The first-order chi connectivity index (χ1) is 9.43. The van der Waals surface area contributed by atoms with Gasteiger partial charge in [-0.1, -0.05) is 0 Å². The van der Waals surface area contributed by atoms with Crippen molar-refractivity contribution in [2.75, 3.05) is 6.26 Å². The van der Waals surface area contributed by atoms with Crippen molar-refractivity contribution in [3.05, 3.63) is 42.5 Å². The molecule has 0 radical (unpaired) electrons. The smallest absolute Gasteiger partial charge is 0.175 e. The molecule has 102 valence electrons. The van der Waals surface area contributed by atoms with Gasteiger partial charge in [-0.15, -0.1) is 0 Å². The Morgan fingerprint density at radius 2 is 1.80 bits per heavy atom. The van der Waals surface area contributed by atoms with Crippen LogP contribution < -0.4 is 0 Å². The highest BCUT2D eigenvalue weighted by Crippen LogP contribution is 2.24. The van der Waals surface area contributed by atoms with Gasteiger partial charge in [-0.25, -0.2) is 13.4 Å². The highest BCUT2D eigenvalue weighted by molar-refractivity contribution is 7.90. The van der Waals surface area contributed by atoms with Gasteiger partial charge in [-0.3, -0.25) is 0 Å². The van der Waals surface area contributed by atoms with E-state index >= 15 is 0 Å². The van der Waals surface area contributed by atoms with Crippen LogP contribution in [0.15, 0.2) is 47.4 Å². The second-order valence-electron chi connectivity index (χ2n) is 4.58. The van der Waals surface area contributed by atoms with Gasteiger partial charge in [-0.2, -0.15) is 0 Å². The van der Waals surface area contributed by atoms with Crippen molar-refractivity contribution >= 4 is 20.9 Å². The summed E-state index contributed by atoms with van der Waals surface area (Å²) in [6, 6.07) is 11.4. The van der Waals surface area contributed by atoms with E-state index in [1.807, 2.05) is 0 Å². The zero-order chi connectivity index (χ0) is 14.3. The van der Waals surface area contributed by atoms with Crippen molar-refractivity contribution in [3.8, 4) is 17.1 Å². The number of sulfone groups is 1. The number of H-pyrrole nitrogens is 1. The maximum atomic E-state index is 11.5. The van der Waals surface area contributed by atoms with Crippen LogP contribution in [-0.4, -0.2) is 29.7 Å². The van der Waals surface area contributed by atoms with Gasteiger partial charge in [0.25, 0.3) is 0 Å². The van der Waals surface area contributed by atoms with Crippen LogP contribution in [-0.2, 0) is 9.84 Å². The van der Waals surface area contributed by atoms with E-state index in [9.17, 15) is 13.5 Å². The Morgan fingerprint density at radius 1 is 1.10 bits per heavy atom. The van der Waals surface area contributed by atoms with E-state index in [2.05, 4.69) is 9.97 Å². The molecule has 20 heavy (non-hydrogen) atoms. The number of benzene rings is 2. The quantitative estimate of drug-likeness (QED) is 0.758. The Labute approximate surface area is 115 Å². The minimum absolute atomic E-state index is 0.184. The fourth-order valence-corrected chi connectivity index (χ4v) is 2.62. The summed E-state index contributed by atoms with van der Waals surface area (Å²) in [5.74, 6) is 0.815. The predicted octanol–water partition coefficient (Wildman–Crippen LogP) is 2.34. The monoisotopic (exact) mass is 288 g/mol. The largest absolute Gasteiger partial charge is 0.508 e. The van der Waals surface area contributed by atoms with E-state index < -0.39 is 9.84 Å². The maximum Gasteiger partial charge on any atom is 0.175 e. The minimum atomic E-state index is -3.24. The van der Waals surface area contributed by atoms with Crippen molar-refractivity contribution in [1.29, 1.82) is 0 Å². The van der Waals surface area contributed by atoms with Gasteiger partial charge in [0.05, 0.1) is 15.9 Å². The van der Waals surface area contributed by atoms with Gasteiger partial charge >= 0.3 is 0 Å². The Kier molecular flexibility index (Phi) is 2.76. The normalized spacial score (nSPS) is 11.8. The molecule has 2 N–H and O–H groups in total. The molecule has 0 spiro atoms. The molecule has 3 rings (SSSR count). The molecule has 0 fully saturated rings. The van der Waals surface area contributed by atoms with Crippen LogP contribution >= 0.6 is 0 Å². The number of aromatic nitrogens is 2. The molecule has 0 saturated heterocycles. The zero-order valence-corrected chi connectivity index (χ0v) is 11.5. The van der Waals surface area contributed by atoms with Gasteiger partial charge in [-0.05, 0) is 42.5 Å². The van der Waals surface area contributed by atoms with Crippen LogP contribution in [0.4, 0.5) is 0 Å². The summed E-state index contributed by atoms with van der Waals surface area (Å²) in [4.78, 5) is 7.75. The number of aromatic hydroxyl groups is 1. The molecule has 0 unspecified atom stereocenters. The van der Waals surface area contributed by atoms with E-state index in [-0.39, 0.29) is 10.6 Å². The van der Waals surface area contributed by atoms with E-state index in [0.717, 1.165) is 5.56 Å². The number of hydrogen-bond acceptors (Lipinski definition) is 4. The fraction of sp³-hybridized carbons (Fsp3) is 0.0714. The van der Waals surface area contributed by atoms with Crippen molar-refractivity contribution in [3.63, 3.8) is 0 Å². The number of aromatic amines is 1. The average Bonchev–Trinajstić information content (AvgIpc) is 2.81. The molecule has 6 heteroatoms. The van der Waals surface area contributed by atoms with Crippen LogP contribution in [0, 0.1) is 0 Å². The lowest BCUT2D eigenvalue weighted by Gasteiger charge is -1.96. The Morgan fingerprint density at radius 3 is 2.45 bits per heavy atom. The van der Waals surface area contributed by atoms with Crippen LogP contribution in [0.3, 0.4) is 0 Å². The summed E-state index contributed by atoms with van der Waals surface area (Å²) in [6.45, 7) is 0. The number of fused-ring (bicyclic) bond motifs is 1.